The van der Waals surface area contributed by atoms with Gasteiger partial charge in [-0.15, -0.1) is 0 Å². The summed E-state index contributed by atoms with van der Waals surface area (Å²) in [7, 11) is 1.69. The SMILES string of the molecule is COc1ccc(C2(CNc3ccnc(Cl)c3)CCOCC2)cc1. The van der Waals surface area contributed by atoms with Crippen LogP contribution in [0.5, 0.6) is 5.75 Å². The monoisotopic (exact) mass is 332 g/mol. The molecular weight excluding hydrogens is 312 g/mol. The Bertz CT molecular complexity index is 640. The maximum Gasteiger partial charge on any atom is 0.131 e. The minimum absolute atomic E-state index is 0.0558. The molecular formula is C18H21ClN2O2. The minimum atomic E-state index is 0.0558. The third-order valence-corrected chi connectivity index (χ3v) is 4.72. The molecule has 3 rings (SSSR count). The molecule has 5 heteroatoms. The molecule has 4 nitrogen and oxygen atoms in total. The normalized spacial score (nSPS) is 16.8. The first-order valence-electron chi connectivity index (χ1n) is 7.80. The van der Waals surface area contributed by atoms with Gasteiger partial charge in [0, 0.05) is 37.1 Å². The van der Waals surface area contributed by atoms with E-state index in [1.807, 2.05) is 24.3 Å². The molecule has 1 N–H and O–H groups in total. The van der Waals surface area contributed by atoms with Crippen molar-refractivity contribution in [3.05, 3.63) is 53.3 Å². The molecule has 0 spiro atoms. The number of rotatable bonds is 5. The molecule has 2 heterocycles. The molecule has 0 aliphatic carbocycles. The Balaban J connectivity index is 1.81. The minimum Gasteiger partial charge on any atom is -0.497 e. The van der Waals surface area contributed by atoms with Crippen molar-refractivity contribution in [1.82, 2.24) is 4.98 Å². The van der Waals surface area contributed by atoms with E-state index in [9.17, 15) is 0 Å². The van der Waals surface area contributed by atoms with Gasteiger partial charge in [-0.3, -0.25) is 0 Å². The Morgan fingerprint density at radius 1 is 1.22 bits per heavy atom. The number of nitrogens with one attached hydrogen (secondary N) is 1. The van der Waals surface area contributed by atoms with E-state index in [1.54, 1.807) is 13.3 Å². The second-order valence-corrected chi connectivity index (χ2v) is 6.23. The van der Waals surface area contributed by atoms with Crippen molar-refractivity contribution in [2.75, 3.05) is 32.2 Å². The first-order valence-corrected chi connectivity index (χ1v) is 8.17. The number of pyridine rings is 1. The van der Waals surface area contributed by atoms with E-state index in [1.165, 1.54) is 5.56 Å². The number of aromatic nitrogens is 1. The highest BCUT2D eigenvalue weighted by Crippen LogP contribution is 2.36. The third-order valence-electron chi connectivity index (χ3n) is 4.51. The van der Waals surface area contributed by atoms with Crippen molar-refractivity contribution in [2.24, 2.45) is 0 Å². The van der Waals surface area contributed by atoms with E-state index in [4.69, 9.17) is 21.1 Å². The molecule has 0 bridgehead atoms. The molecule has 1 saturated heterocycles. The van der Waals surface area contributed by atoms with Crippen LogP contribution in [0.1, 0.15) is 18.4 Å². The molecule has 1 aromatic heterocycles. The van der Waals surface area contributed by atoms with Gasteiger partial charge in [-0.25, -0.2) is 4.98 Å². The first kappa shape index (κ1) is 16.1. The zero-order chi connectivity index (χ0) is 16.1. The Hall–Kier alpha value is -1.78. The van der Waals surface area contributed by atoms with Gasteiger partial charge in [0.1, 0.15) is 10.9 Å². The number of nitrogens with zero attached hydrogens (tertiary/aromatic N) is 1. The average molecular weight is 333 g/mol. The number of methoxy groups -OCH3 is 1. The lowest BCUT2D eigenvalue weighted by atomic mass is 9.74. The van der Waals surface area contributed by atoms with Crippen molar-refractivity contribution in [1.29, 1.82) is 0 Å². The van der Waals surface area contributed by atoms with Crippen molar-refractivity contribution in [2.45, 2.75) is 18.3 Å². The van der Waals surface area contributed by atoms with E-state index in [0.717, 1.165) is 44.0 Å². The molecule has 0 unspecified atom stereocenters. The molecule has 0 radical (unpaired) electrons. The van der Waals surface area contributed by atoms with E-state index in [-0.39, 0.29) is 5.41 Å². The number of halogens is 1. The van der Waals surface area contributed by atoms with Gasteiger partial charge < -0.3 is 14.8 Å². The summed E-state index contributed by atoms with van der Waals surface area (Å²) in [6, 6.07) is 12.2. The summed E-state index contributed by atoms with van der Waals surface area (Å²) >= 11 is 5.97. The summed E-state index contributed by atoms with van der Waals surface area (Å²) < 4.78 is 10.8. The van der Waals surface area contributed by atoms with Crippen molar-refractivity contribution < 1.29 is 9.47 Å². The summed E-state index contributed by atoms with van der Waals surface area (Å²) in [5, 5.41) is 4.01. The van der Waals surface area contributed by atoms with Crippen molar-refractivity contribution in [3.8, 4) is 5.75 Å². The lowest BCUT2D eigenvalue weighted by Gasteiger charge is -2.38. The molecule has 1 aliphatic heterocycles. The summed E-state index contributed by atoms with van der Waals surface area (Å²) in [4.78, 5) is 4.02. The predicted octanol–water partition coefficient (Wildman–Crippen LogP) is 3.90. The van der Waals surface area contributed by atoms with Crippen LogP contribution in [0.15, 0.2) is 42.6 Å². The van der Waals surface area contributed by atoms with E-state index < -0.39 is 0 Å². The first-order chi connectivity index (χ1) is 11.2. The molecule has 0 atom stereocenters. The van der Waals surface area contributed by atoms with E-state index in [2.05, 4.69) is 22.4 Å². The molecule has 2 aromatic rings. The highest BCUT2D eigenvalue weighted by atomic mass is 35.5. The van der Waals surface area contributed by atoms with Crippen LogP contribution in [0.3, 0.4) is 0 Å². The second-order valence-electron chi connectivity index (χ2n) is 5.84. The fraction of sp³-hybridized carbons (Fsp3) is 0.389. The van der Waals surface area contributed by atoms with Crippen LogP contribution < -0.4 is 10.1 Å². The Labute approximate surface area is 141 Å². The number of hydrogen-bond donors (Lipinski definition) is 1. The van der Waals surface area contributed by atoms with Crippen molar-refractivity contribution in [3.63, 3.8) is 0 Å². The van der Waals surface area contributed by atoms with Gasteiger partial charge in [0.25, 0.3) is 0 Å². The van der Waals surface area contributed by atoms with Gasteiger partial charge >= 0.3 is 0 Å². The standard InChI is InChI=1S/C18H21ClN2O2/c1-22-16-4-2-14(3-5-16)18(7-10-23-11-8-18)13-21-15-6-9-20-17(19)12-15/h2-6,9,12H,7-8,10-11,13H2,1H3,(H,20,21). The molecule has 0 amide bonds. The Kier molecular flexibility index (Phi) is 5.03. The lowest BCUT2D eigenvalue weighted by Crippen LogP contribution is -2.40. The predicted molar refractivity (Wildman–Crippen MR) is 92.5 cm³/mol. The number of anilines is 1. The highest BCUT2D eigenvalue weighted by Gasteiger charge is 2.34. The summed E-state index contributed by atoms with van der Waals surface area (Å²) in [6.45, 7) is 2.40. The van der Waals surface area contributed by atoms with Gasteiger partial charge in [-0.1, -0.05) is 23.7 Å². The van der Waals surface area contributed by atoms with Gasteiger partial charge in [-0.2, -0.15) is 0 Å². The van der Waals surface area contributed by atoms with Crippen LogP contribution >= 0.6 is 11.6 Å². The van der Waals surface area contributed by atoms with Crippen LogP contribution in [-0.2, 0) is 10.2 Å². The van der Waals surface area contributed by atoms with E-state index >= 15 is 0 Å². The van der Waals surface area contributed by atoms with Gasteiger partial charge in [0.15, 0.2) is 0 Å². The Morgan fingerprint density at radius 3 is 2.61 bits per heavy atom. The van der Waals surface area contributed by atoms with Crippen LogP contribution in [0.4, 0.5) is 5.69 Å². The maximum atomic E-state index is 5.97. The fourth-order valence-electron chi connectivity index (χ4n) is 3.06. The Morgan fingerprint density at radius 2 is 1.96 bits per heavy atom. The van der Waals surface area contributed by atoms with Crippen LogP contribution in [0.2, 0.25) is 5.15 Å². The highest BCUT2D eigenvalue weighted by molar-refractivity contribution is 6.29. The lowest BCUT2D eigenvalue weighted by molar-refractivity contribution is 0.0544. The van der Waals surface area contributed by atoms with Crippen LogP contribution in [0.25, 0.3) is 0 Å². The van der Waals surface area contributed by atoms with Crippen LogP contribution in [-0.4, -0.2) is 31.9 Å². The quantitative estimate of drug-likeness (QED) is 0.843. The molecule has 1 aromatic carbocycles. The van der Waals surface area contributed by atoms with Gasteiger partial charge in [0.05, 0.1) is 7.11 Å². The third kappa shape index (κ3) is 3.77. The number of ether oxygens (including phenoxy) is 2. The van der Waals surface area contributed by atoms with Crippen molar-refractivity contribution >= 4 is 17.3 Å². The molecule has 122 valence electrons. The zero-order valence-corrected chi connectivity index (χ0v) is 14.0. The largest absolute Gasteiger partial charge is 0.497 e. The molecule has 1 aliphatic rings. The summed E-state index contributed by atoms with van der Waals surface area (Å²) in [5.74, 6) is 0.879. The molecule has 23 heavy (non-hydrogen) atoms. The average Bonchev–Trinajstić information content (AvgIpc) is 2.61. The summed E-state index contributed by atoms with van der Waals surface area (Å²) in [5.41, 5.74) is 2.36. The topological polar surface area (TPSA) is 43.4 Å². The van der Waals surface area contributed by atoms with Gasteiger partial charge in [-0.05, 0) is 42.7 Å². The number of benzene rings is 1. The smallest absolute Gasteiger partial charge is 0.131 e. The zero-order valence-electron chi connectivity index (χ0n) is 13.2. The fourth-order valence-corrected chi connectivity index (χ4v) is 3.23. The second kappa shape index (κ2) is 7.20. The summed E-state index contributed by atoms with van der Waals surface area (Å²) in [6.07, 6.45) is 3.70. The molecule has 1 fully saturated rings. The van der Waals surface area contributed by atoms with Crippen LogP contribution in [0, 0.1) is 0 Å². The van der Waals surface area contributed by atoms with Gasteiger partial charge in [0.2, 0.25) is 0 Å². The maximum absolute atomic E-state index is 5.97. The molecule has 0 saturated carbocycles. The number of hydrogen-bond acceptors (Lipinski definition) is 4. The van der Waals surface area contributed by atoms with E-state index in [0.29, 0.717) is 5.15 Å².